The molecule has 2 N–H and O–H groups in total. The highest BCUT2D eigenvalue weighted by Crippen LogP contribution is 2.15. The van der Waals surface area contributed by atoms with Gasteiger partial charge in [-0.25, -0.2) is 5.43 Å². The van der Waals surface area contributed by atoms with E-state index < -0.39 is 0 Å². The quantitative estimate of drug-likeness (QED) is 0.636. The molecule has 2 rings (SSSR count). The predicted octanol–water partition coefficient (Wildman–Crippen LogP) is 2.79. The van der Waals surface area contributed by atoms with Gasteiger partial charge in [-0.15, -0.1) is 0 Å². The molecule has 0 bridgehead atoms. The number of benzene rings is 2. The maximum Gasteiger partial charge on any atom is 0.244 e. The third-order valence-electron chi connectivity index (χ3n) is 3.17. The summed E-state index contributed by atoms with van der Waals surface area (Å²) in [5.74, 6) is 0.683. The fraction of sp³-hybridized carbons (Fsp3) is 0.222. The number of rotatable bonds is 6. The van der Waals surface area contributed by atoms with Gasteiger partial charge in [-0.1, -0.05) is 23.8 Å². The molecule has 0 saturated heterocycles. The van der Waals surface area contributed by atoms with E-state index in [1.807, 2.05) is 38.1 Å². The zero-order valence-electron chi connectivity index (χ0n) is 13.2. The molecule has 23 heavy (non-hydrogen) atoms. The molecular formula is C18H20N2O3. The second-order valence-corrected chi connectivity index (χ2v) is 5.11. The molecule has 1 amide bonds. The SMILES string of the molecule is CCOc1ccc(CC(=O)N/N=C/c2cc(C)ccc2O)cc1. The number of carbonyl (C=O) groups is 1. The Labute approximate surface area is 135 Å². The van der Waals surface area contributed by atoms with Crippen LogP contribution in [0.25, 0.3) is 0 Å². The molecule has 2 aromatic rings. The van der Waals surface area contributed by atoms with E-state index in [9.17, 15) is 9.90 Å². The van der Waals surface area contributed by atoms with Crippen LogP contribution in [0.1, 0.15) is 23.6 Å². The minimum atomic E-state index is -0.224. The summed E-state index contributed by atoms with van der Waals surface area (Å²) in [7, 11) is 0. The Kier molecular flexibility index (Phi) is 5.74. The number of phenols is 1. The monoisotopic (exact) mass is 312 g/mol. The van der Waals surface area contributed by atoms with Crippen molar-refractivity contribution in [2.24, 2.45) is 5.10 Å². The van der Waals surface area contributed by atoms with Gasteiger partial charge in [0.05, 0.1) is 19.2 Å². The summed E-state index contributed by atoms with van der Waals surface area (Å²) in [6.07, 6.45) is 1.65. The molecule has 5 heteroatoms. The second-order valence-electron chi connectivity index (χ2n) is 5.11. The molecule has 0 aliphatic heterocycles. The summed E-state index contributed by atoms with van der Waals surface area (Å²) >= 11 is 0. The van der Waals surface area contributed by atoms with E-state index in [1.165, 1.54) is 6.21 Å². The number of nitrogens with zero attached hydrogens (tertiary/aromatic N) is 1. The minimum absolute atomic E-state index is 0.125. The smallest absolute Gasteiger partial charge is 0.244 e. The topological polar surface area (TPSA) is 70.9 Å². The van der Waals surface area contributed by atoms with Crippen molar-refractivity contribution >= 4 is 12.1 Å². The van der Waals surface area contributed by atoms with Crippen molar-refractivity contribution in [3.8, 4) is 11.5 Å². The Morgan fingerprint density at radius 3 is 2.70 bits per heavy atom. The molecule has 0 fully saturated rings. The highest BCUT2D eigenvalue weighted by atomic mass is 16.5. The van der Waals surface area contributed by atoms with E-state index >= 15 is 0 Å². The molecule has 0 aliphatic carbocycles. The van der Waals surface area contributed by atoms with E-state index in [1.54, 1.807) is 18.2 Å². The summed E-state index contributed by atoms with van der Waals surface area (Å²) in [5.41, 5.74) is 4.89. The number of aryl methyl sites for hydroxylation is 1. The molecule has 0 saturated carbocycles. The average molecular weight is 312 g/mol. The molecule has 2 aromatic carbocycles. The summed E-state index contributed by atoms with van der Waals surface area (Å²) in [6, 6.07) is 12.6. The minimum Gasteiger partial charge on any atom is -0.507 e. The average Bonchev–Trinajstić information content (AvgIpc) is 2.53. The van der Waals surface area contributed by atoms with Crippen molar-refractivity contribution in [2.45, 2.75) is 20.3 Å². The third kappa shape index (κ3) is 5.14. The van der Waals surface area contributed by atoms with Gasteiger partial charge in [0.1, 0.15) is 11.5 Å². The Morgan fingerprint density at radius 2 is 2.00 bits per heavy atom. The number of ether oxygens (including phenoxy) is 1. The maximum absolute atomic E-state index is 11.8. The van der Waals surface area contributed by atoms with Gasteiger partial charge >= 0.3 is 0 Å². The lowest BCUT2D eigenvalue weighted by atomic mass is 10.1. The highest BCUT2D eigenvalue weighted by molar-refractivity contribution is 5.85. The van der Waals surface area contributed by atoms with Gasteiger partial charge in [0.2, 0.25) is 5.91 Å². The first kappa shape index (κ1) is 16.5. The standard InChI is InChI=1S/C18H20N2O3/c1-3-23-16-7-5-14(6-8-16)11-18(22)20-19-12-15-10-13(2)4-9-17(15)21/h4-10,12,21H,3,11H2,1-2H3,(H,20,22)/b19-12+. The zero-order valence-corrected chi connectivity index (χ0v) is 13.2. The van der Waals surface area contributed by atoms with E-state index in [2.05, 4.69) is 10.5 Å². The number of nitrogens with one attached hydrogen (secondary N) is 1. The van der Waals surface area contributed by atoms with E-state index in [0.29, 0.717) is 12.2 Å². The summed E-state index contributed by atoms with van der Waals surface area (Å²) in [4.78, 5) is 11.8. The molecule has 0 aromatic heterocycles. The Hall–Kier alpha value is -2.82. The lowest BCUT2D eigenvalue weighted by Gasteiger charge is -2.04. The van der Waals surface area contributed by atoms with Crippen molar-refractivity contribution in [3.05, 3.63) is 59.2 Å². The van der Waals surface area contributed by atoms with Crippen molar-refractivity contribution in [1.29, 1.82) is 0 Å². The predicted molar refractivity (Wildman–Crippen MR) is 89.9 cm³/mol. The molecular weight excluding hydrogens is 292 g/mol. The number of carbonyl (C=O) groups excluding carboxylic acids is 1. The lowest BCUT2D eigenvalue weighted by molar-refractivity contribution is -0.120. The summed E-state index contributed by atoms with van der Waals surface area (Å²) < 4.78 is 5.35. The van der Waals surface area contributed by atoms with Crippen LogP contribution in [0, 0.1) is 6.92 Å². The van der Waals surface area contributed by atoms with Crippen LogP contribution in [0.5, 0.6) is 11.5 Å². The van der Waals surface area contributed by atoms with Crippen LogP contribution in [-0.4, -0.2) is 23.8 Å². The van der Waals surface area contributed by atoms with Crippen molar-refractivity contribution in [2.75, 3.05) is 6.61 Å². The lowest BCUT2D eigenvalue weighted by Crippen LogP contribution is -2.19. The first-order chi connectivity index (χ1) is 11.1. The fourth-order valence-corrected chi connectivity index (χ4v) is 2.05. The zero-order chi connectivity index (χ0) is 16.7. The number of hydrogen-bond donors (Lipinski definition) is 2. The number of hydrogen-bond acceptors (Lipinski definition) is 4. The van der Waals surface area contributed by atoms with Gasteiger partial charge in [-0.05, 0) is 43.7 Å². The molecule has 120 valence electrons. The first-order valence-electron chi connectivity index (χ1n) is 7.41. The van der Waals surface area contributed by atoms with Crippen LogP contribution < -0.4 is 10.2 Å². The summed E-state index contributed by atoms with van der Waals surface area (Å²) in [5, 5.41) is 13.6. The van der Waals surface area contributed by atoms with Crippen LogP contribution in [0.3, 0.4) is 0 Å². The number of hydrazone groups is 1. The number of phenolic OH excluding ortho intramolecular Hbond substituents is 1. The largest absolute Gasteiger partial charge is 0.507 e. The van der Waals surface area contributed by atoms with Crippen molar-refractivity contribution in [3.63, 3.8) is 0 Å². The molecule has 5 nitrogen and oxygen atoms in total. The molecule has 0 heterocycles. The third-order valence-corrected chi connectivity index (χ3v) is 3.17. The van der Waals surface area contributed by atoms with Crippen LogP contribution in [0.4, 0.5) is 0 Å². The number of aromatic hydroxyl groups is 1. The number of amides is 1. The maximum atomic E-state index is 11.8. The molecule has 0 aliphatic rings. The van der Waals surface area contributed by atoms with Gasteiger partial charge in [0.15, 0.2) is 0 Å². The van der Waals surface area contributed by atoms with Crippen LogP contribution >= 0.6 is 0 Å². The van der Waals surface area contributed by atoms with Crippen LogP contribution in [-0.2, 0) is 11.2 Å². The van der Waals surface area contributed by atoms with Gasteiger partial charge < -0.3 is 9.84 Å². The highest BCUT2D eigenvalue weighted by Gasteiger charge is 2.03. The van der Waals surface area contributed by atoms with Gasteiger partial charge in [-0.3, -0.25) is 4.79 Å². The van der Waals surface area contributed by atoms with Gasteiger partial charge in [-0.2, -0.15) is 5.10 Å². The summed E-state index contributed by atoms with van der Waals surface area (Å²) in [6.45, 7) is 4.45. The van der Waals surface area contributed by atoms with Gasteiger partial charge in [0.25, 0.3) is 0 Å². The molecule has 0 unspecified atom stereocenters. The van der Waals surface area contributed by atoms with Gasteiger partial charge in [0, 0.05) is 5.56 Å². The van der Waals surface area contributed by atoms with Crippen LogP contribution in [0.2, 0.25) is 0 Å². The Morgan fingerprint density at radius 1 is 1.26 bits per heavy atom. The second kappa shape index (κ2) is 7.98. The fourth-order valence-electron chi connectivity index (χ4n) is 2.05. The molecule has 0 spiro atoms. The Bertz CT molecular complexity index is 694. The normalized spacial score (nSPS) is 10.7. The molecule has 0 radical (unpaired) electrons. The van der Waals surface area contributed by atoms with E-state index in [-0.39, 0.29) is 18.1 Å². The van der Waals surface area contributed by atoms with Crippen LogP contribution in [0.15, 0.2) is 47.6 Å². The van der Waals surface area contributed by atoms with Crippen molar-refractivity contribution in [1.82, 2.24) is 5.43 Å². The van der Waals surface area contributed by atoms with E-state index in [4.69, 9.17) is 4.74 Å². The Balaban J connectivity index is 1.89. The first-order valence-corrected chi connectivity index (χ1v) is 7.41. The van der Waals surface area contributed by atoms with Crippen molar-refractivity contribution < 1.29 is 14.6 Å². The molecule has 0 atom stereocenters. The van der Waals surface area contributed by atoms with E-state index in [0.717, 1.165) is 16.9 Å².